The van der Waals surface area contributed by atoms with Crippen molar-refractivity contribution in [2.45, 2.75) is 13.8 Å². The van der Waals surface area contributed by atoms with Crippen LogP contribution in [0, 0.1) is 24.0 Å². The molecule has 176 valence electrons. The van der Waals surface area contributed by atoms with Gasteiger partial charge in [-0.15, -0.1) is 0 Å². The summed E-state index contributed by atoms with van der Waals surface area (Å²) in [5.41, 5.74) is 6.40. The number of piperazine rings is 1. The number of rotatable bonds is 4. The minimum absolute atomic E-state index is 0.0119. The minimum atomic E-state index is -0.396. The Hall–Kier alpha value is -4.26. The Morgan fingerprint density at radius 2 is 1.54 bits per heavy atom. The van der Waals surface area contributed by atoms with Gasteiger partial charge in [0.1, 0.15) is 0 Å². The first-order valence-electron chi connectivity index (χ1n) is 11.7. The Morgan fingerprint density at radius 3 is 2.20 bits per heavy atom. The van der Waals surface area contributed by atoms with Crippen molar-refractivity contribution in [3.8, 4) is 11.3 Å². The lowest BCUT2D eigenvalue weighted by molar-refractivity contribution is -0.384. The first kappa shape index (κ1) is 22.5. The van der Waals surface area contributed by atoms with Crippen molar-refractivity contribution >= 4 is 28.2 Å². The second-order valence-corrected chi connectivity index (χ2v) is 8.90. The second-order valence-electron chi connectivity index (χ2n) is 8.90. The maximum Gasteiger partial charge on any atom is 0.269 e. The van der Waals surface area contributed by atoms with Crippen molar-refractivity contribution < 1.29 is 9.72 Å². The van der Waals surface area contributed by atoms with Crippen LogP contribution >= 0.6 is 0 Å². The van der Waals surface area contributed by atoms with Gasteiger partial charge in [0, 0.05) is 54.9 Å². The molecular formula is C28H26N4O3. The third-order valence-corrected chi connectivity index (χ3v) is 6.67. The van der Waals surface area contributed by atoms with E-state index in [-0.39, 0.29) is 11.6 Å². The van der Waals surface area contributed by atoms with Gasteiger partial charge >= 0.3 is 0 Å². The van der Waals surface area contributed by atoms with E-state index in [1.54, 1.807) is 12.1 Å². The fourth-order valence-corrected chi connectivity index (χ4v) is 4.69. The molecule has 0 atom stereocenters. The molecule has 0 spiro atoms. The van der Waals surface area contributed by atoms with E-state index >= 15 is 0 Å². The molecule has 0 saturated carbocycles. The van der Waals surface area contributed by atoms with Gasteiger partial charge in [-0.2, -0.15) is 0 Å². The topological polar surface area (TPSA) is 79.6 Å². The highest BCUT2D eigenvalue weighted by atomic mass is 16.6. The van der Waals surface area contributed by atoms with Crippen LogP contribution < -0.4 is 4.90 Å². The number of benzene rings is 3. The molecule has 1 aliphatic rings. The van der Waals surface area contributed by atoms with Crippen molar-refractivity contribution in [2.24, 2.45) is 0 Å². The monoisotopic (exact) mass is 466 g/mol. The summed E-state index contributed by atoms with van der Waals surface area (Å²) in [6, 6.07) is 22.6. The normalized spacial score (nSPS) is 13.8. The number of nitro benzene ring substituents is 1. The number of nitro groups is 1. The third-order valence-electron chi connectivity index (χ3n) is 6.67. The SMILES string of the molecule is Cc1ccc(-c2nc3ccccc3c(C(=O)N3CCN(c4ccc([N+](=O)[O-])cc4)CC3)c2C)cc1. The smallest absolute Gasteiger partial charge is 0.269 e. The summed E-state index contributed by atoms with van der Waals surface area (Å²) in [5, 5.41) is 11.8. The molecule has 0 unspecified atom stereocenters. The van der Waals surface area contributed by atoms with E-state index in [2.05, 4.69) is 36.1 Å². The van der Waals surface area contributed by atoms with Gasteiger partial charge in [-0.3, -0.25) is 14.9 Å². The molecule has 1 amide bonds. The number of pyridine rings is 1. The van der Waals surface area contributed by atoms with E-state index in [1.165, 1.54) is 17.7 Å². The van der Waals surface area contributed by atoms with Crippen LogP contribution in [0.3, 0.4) is 0 Å². The van der Waals surface area contributed by atoms with Gasteiger partial charge in [0.15, 0.2) is 0 Å². The summed E-state index contributed by atoms with van der Waals surface area (Å²) in [6.07, 6.45) is 0. The zero-order chi connectivity index (χ0) is 24.5. The maximum atomic E-state index is 13.8. The first-order valence-corrected chi connectivity index (χ1v) is 11.7. The lowest BCUT2D eigenvalue weighted by Crippen LogP contribution is -2.49. The summed E-state index contributed by atoms with van der Waals surface area (Å²) in [5.74, 6) is 0.0119. The van der Waals surface area contributed by atoms with Gasteiger partial charge in [-0.05, 0) is 37.6 Å². The molecule has 4 aromatic rings. The Kier molecular flexibility index (Phi) is 5.91. The summed E-state index contributed by atoms with van der Waals surface area (Å²) in [7, 11) is 0. The average molecular weight is 467 g/mol. The van der Waals surface area contributed by atoms with Gasteiger partial charge in [-0.25, -0.2) is 4.98 Å². The van der Waals surface area contributed by atoms with Crippen LogP contribution in [0.5, 0.6) is 0 Å². The summed E-state index contributed by atoms with van der Waals surface area (Å²) < 4.78 is 0. The van der Waals surface area contributed by atoms with Gasteiger partial charge in [0.25, 0.3) is 11.6 Å². The average Bonchev–Trinajstić information content (AvgIpc) is 2.89. The van der Waals surface area contributed by atoms with Crippen molar-refractivity contribution in [1.82, 2.24) is 9.88 Å². The molecule has 1 fully saturated rings. The third kappa shape index (κ3) is 4.33. The number of hydrogen-bond acceptors (Lipinski definition) is 5. The minimum Gasteiger partial charge on any atom is -0.368 e. The standard InChI is InChI=1S/C28H26N4O3/c1-19-7-9-21(10-8-19)27-20(2)26(24-5-3-4-6-25(24)29-27)28(33)31-17-15-30(16-18-31)22-11-13-23(14-12-22)32(34)35/h3-14H,15-18H2,1-2H3. The number of aryl methyl sites for hydroxylation is 1. The number of carbonyl (C=O) groups excluding carboxylic acids is 1. The van der Waals surface area contributed by atoms with Crippen LogP contribution in [-0.2, 0) is 0 Å². The molecule has 35 heavy (non-hydrogen) atoms. The number of non-ortho nitro benzene ring substituents is 1. The van der Waals surface area contributed by atoms with Gasteiger partial charge in [0.2, 0.25) is 0 Å². The molecule has 7 heteroatoms. The molecule has 1 saturated heterocycles. The van der Waals surface area contributed by atoms with Crippen LogP contribution in [0.2, 0.25) is 0 Å². The largest absolute Gasteiger partial charge is 0.368 e. The molecule has 0 N–H and O–H groups in total. The van der Waals surface area contributed by atoms with Crippen LogP contribution in [0.1, 0.15) is 21.5 Å². The molecule has 5 rings (SSSR count). The van der Waals surface area contributed by atoms with Crippen LogP contribution in [0.25, 0.3) is 22.2 Å². The van der Waals surface area contributed by atoms with E-state index in [4.69, 9.17) is 4.98 Å². The number of aromatic nitrogens is 1. The first-order chi connectivity index (χ1) is 16.9. The maximum absolute atomic E-state index is 13.8. The fourth-order valence-electron chi connectivity index (χ4n) is 4.69. The number of amides is 1. The number of carbonyl (C=O) groups is 1. The molecule has 2 heterocycles. The summed E-state index contributed by atoms with van der Waals surface area (Å²) in [6.45, 7) is 6.51. The van der Waals surface area contributed by atoms with Crippen molar-refractivity contribution in [2.75, 3.05) is 31.1 Å². The summed E-state index contributed by atoms with van der Waals surface area (Å²) >= 11 is 0. The highest BCUT2D eigenvalue weighted by Gasteiger charge is 2.27. The molecule has 3 aromatic carbocycles. The fraction of sp³-hybridized carbons (Fsp3) is 0.214. The second kappa shape index (κ2) is 9.18. The lowest BCUT2D eigenvalue weighted by atomic mass is 9.96. The number of hydrogen-bond donors (Lipinski definition) is 0. The Labute approximate surface area is 203 Å². The van der Waals surface area contributed by atoms with Gasteiger partial charge < -0.3 is 9.80 Å². The summed E-state index contributed by atoms with van der Waals surface area (Å²) in [4.78, 5) is 33.3. The lowest BCUT2D eigenvalue weighted by Gasteiger charge is -2.36. The number of anilines is 1. The predicted molar refractivity (Wildman–Crippen MR) is 138 cm³/mol. The van der Waals surface area contributed by atoms with E-state index in [0.717, 1.165) is 33.4 Å². The van der Waals surface area contributed by atoms with Crippen LogP contribution in [-0.4, -0.2) is 46.9 Å². The zero-order valence-electron chi connectivity index (χ0n) is 19.8. The Balaban J connectivity index is 1.43. The molecule has 1 aromatic heterocycles. The highest BCUT2D eigenvalue weighted by molar-refractivity contribution is 6.09. The number of nitrogens with zero attached hydrogens (tertiary/aromatic N) is 4. The Bertz CT molecular complexity index is 1410. The van der Waals surface area contributed by atoms with Gasteiger partial charge in [0.05, 0.1) is 21.7 Å². The zero-order valence-corrected chi connectivity index (χ0v) is 19.8. The Morgan fingerprint density at radius 1 is 0.886 bits per heavy atom. The van der Waals surface area contributed by atoms with E-state index < -0.39 is 4.92 Å². The molecular weight excluding hydrogens is 440 g/mol. The van der Waals surface area contributed by atoms with E-state index in [1.807, 2.05) is 36.1 Å². The van der Waals surface area contributed by atoms with Gasteiger partial charge in [-0.1, -0.05) is 48.0 Å². The molecule has 0 aliphatic carbocycles. The van der Waals surface area contributed by atoms with Crippen LogP contribution in [0.15, 0.2) is 72.8 Å². The molecule has 0 radical (unpaired) electrons. The predicted octanol–water partition coefficient (Wildman–Crippen LogP) is 5.39. The molecule has 7 nitrogen and oxygen atoms in total. The number of fused-ring (bicyclic) bond motifs is 1. The van der Waals surface area contributed by atoms with Crippen molar-refractivity contribution in [1.29, 1.82) is 0 Å². The molecule has 1 aliphatic heterocycles. The molecule has 0 bridgehead atoms. The van der Waals surface area contributed by atoms with Crippen molar-refractivity contribution in [3.63, 3.8) is 0 Å². The van der Waals surface area contributed by atoms with Crippen LogP contribution in [0.4, 0.5) is 11.4 Å². The number of para-hydroxylation sites is 1. The van der Waals surface area contributed by atoms with E-state index in [0.29, 0.717) is 31.7 Å². The van der Waals surface area contributed by atoms with Crippen molar-refractivity contribution in [3.05, 3.63) is 99.6 Å². The van der Waals surface area contributed by atoms with E-state index in [9.17, 15) is 14.9 Å². The quantitative estimate of drug-likeness (QED) is 0.298. The highest BCUT2D eigenvalue weighted by Crippen LogP contribution is 2.31.